The fourth-order valence-corrected chi connectivity index (χ4v) is 1.72. The van der Waals surface area contributed by atoms with Gasteiger partial charge in [-0.2, -0.15) is 5.26 Å². The molecule has 0 heterocycles. The Labute approximate surface area is 110 Å². The molecule has 1 atom stereocenters. The number of benzene rings is 2. The first-order chi connectivity index (χ1) is 9.13. The van der Waals surface area contributed by atoms with E-state index in [9.17, 15) is 9.50 Å². The van der Waals surface area contributed by atoms with Crippen LogP contribution in [0, 0.1) is 17.1 Å². The zero-order valence-electron chi connectivity index (χ0n) is 10.3. The number of aliphatic hydroxyl groups excluding tert-OH is 1. The fraction of sp³-hybridized carbons (Fsp3) is 0.133. The van der Waals surface area contributed by atoms with Crippen molar-refractivity contribution in [2.75, 3.05) is 0 Å². The molecule has 0 aliphatic rings. The van der Waals surface area contributed by atoms with Crippen LogP contribution in [-0.4, -0.2) is 5.11 Å². The molecule has 0 amide bonds. The molecule has 1 N–H and O–H groups in total. The average molecular weight is 257 g/mol. The minimum Gasteiger partial charge on any atom is -0.452 e. The lowest BCUT2D eigenvalue weighted by molar-refractivity contribution is 0.194. The molecule has 4 heteroatoms. The summed E-state index contributed by atoms with van der Waals surface area (Å²) < 4.78 is 19.3. The number of para-hydroxylation sites is 2. The summed E-state index contributed by atoms with van der Waals surface area (Å²) in [4.78, 5) is 0. The lowest BCUT2D eigenvalue weighted by Crippen LogP contribution is -1.99. The van der Waals surface area contributed by atoms with Gasteiger partial charge in [0, 0.05) is 5.56 Å². The van der Waals surface area contributed by atoms with E-state index >= 15 is 0 Å². The van der Waals surface area contributed by atoms with E-state index in [0.717, 1.165) is 0 Å². The second-order valence-electron chi connectivity index (χ2n) is 4.04. The summed E-state index contributed by atoms with van der Waals surface area (Å²) in [7, 11) is 0. The molecule has 2 rings (SSSR count). The summed E-state index contributed by atoms with van der Waals surface area (Å²) >= 11 is 0. The summed E-state index contributed by atoms with van der Waals surface area (Å²) in [6, 6.07) is 12.9. The van der Waals surface area contributed by atoms with E-state index < -0.39 is 11.9 Å². The number of aliphatic hydroxyl groups is 1. The first-order valence-electron chi connectivity index (χ1n) is 5.77. The zero-order valence-corrected chi connectivity index (χ0v) is 10.3. The van der Waals surface area contributed by atoms with Gasteiger partial charge in [0.1, 0.15) is 11.8 Å². The van der Waals surface area contributed by atoms with E-state index in [1.54, 1.807) is 30.3 Å². The standard InChI is InChI=1S/C15H12FNO2/c1-10(18)12-6-4-7-13(16)15(12)19-14-8-3-2-5-11(14)9-17/h2-8,10,18H,1H3/t10-/m0/s1. The summed E-state index contributed by atoms with van der Waals surface area (Å²) in [5.74, 6) is -0.372. The molecule has 2 aromatic carbocycles. The first-order valence-corrected chi connectivity index (χ1v) is 5.77. The van der Waals surface area contributed by atoms with Crippen molar-refractivity contribution in [1.29, 1.82) is 5.26 Å². The molecule has 2 aromatic rings. The monoisotopic (exact) mass is 257 g/mol. The smallest absolute Gasteiger partial charge is 0.168 e. The highest BCUT2D eigenvalue weighted by Crippen LogP contribution is 2.33. The maximum atomic E-state index is 13.8. The van der Waals surface area contributed by atoms with E-state index in [0.29, 0.717) is 11.1 Å². The molecule has 0 aliphatic heterocycles. The number of rotatable bonds is 3. The van der Waals surface area contributed by atoms with Crippen LogP contribution in [0.1, 0.15) is 24.2 Å². The molecular weight excluding hydrogens is 245 g/mol. The molecule has 0 saturated carbocycles. The SMILES string of the molecule is C[C@H](O)c1cccc(F)c1Oc1ccccc1C#N. The number of halogens is 1. The highest BCUT2D eigenvalue weighted by atomic mass is 19.1. The number of hydrogen-bond donors (Lipinski definition) is 1. The van der Waals surface area contributed by atoms with E-state index in [1.165, 1.54) is 19.1 Å². The van der Waals surface area contributed by atoms with Crippen molar-refractivity contribution in [1.82, 2.24) is 0 Å². The highest BCUT2D eigenvalue weighted by Gasteiger charge is 2.15. The van der Waals surface area contributed by atoms with Crippen LogP contribution in [0.15, 0.2) is 42.5 Å². The molecule has 0 aromatic heterocycles. The van der Waals surface area contributed by atoms with Gasteiger partial charge in [-0.1, -0.05) is 24.3 Å². The second kappa shape index (κ2) is 5.51. The Morgan fingerprint density at radius 1 is 1.21 bits per heavy atom. The van der Waals surface area contributed by atoms with Gasteiger partial charge in [-0.05, 0) is 25.1 Å². The Kier molecular flexibility index (Phi) is 3.79. The Morgan fingerprint density at radius 3 is 2.63 bits per heavy atom. The predicted octanol–water partition coefficient (Wildman–Crippen LogP) is 3.54. The Hall–Kier alpha value is -2.38. The van der Waals surface area contributed by atoms with E-state index in [-0.39, 0.29) is 11.5 Å². The van der Waals surface area contributed by atoms with Gasteiger partial charge in [0.15, 0.2) is 11.6 Å². The van der Waals surface area contributed by atoms with Gasteiger partial charge in [0.05, 0.1) is 11.7 Å². The normalized spacial score (nSPS) is 11.7. The summed E-state index contributed by atoms with van der Waals surface area (Å²) in [6.07, 6.45) is -0.861. The summed E-state index contributed by atoms with van der Waals surface area (Å²) in [6.45, 7) is 1.53. The number of ether oxygens (including phenoxy) is 1. The Bertz CT molecular complexity index is 632. The van der Waals surface area contributed by atoms with Crippen molar-refractivity contribution < 1.29 is 14.2 Å². The molecule has 0 spiro atoms. The zero-order chi connectivity index (χ0) is 13.8. The van der Waals surface area contributed by atoms with Gasteiger partial charge in [-0.15, -0.1) is 0 Å². The lowest BCUT2D eigenvalue weighted by atomic mass is 10.1. The topological polar surface area (TPSA) is 53.2 Å². The lowest BCUT2D eigenvalue weighted by Gasteiger charge is -2.14. The predicted molar refractivity (Wildman–Crippen MR) is 68.3 cm³/mol. The molecule has 0 bridgehead atoms. The van der Waals surface area contributed by atoms with Crippen molar-refractivity contribution in [3.63, 3.8) is 0 Å². The van der Waals surface area contributed by atoms with Crippen molar-refractivity contribution in [3.05, 3.63) is 59.4 Å². The maximum absolute atomic E-state index is 13.8. The minimum atomic E-state index is -0.861. The van der Waals surface area contributed by atoms with Gasteiger partial charge in [-0.3, -0.25) is 0 Å². The quantitative estimate of drug-likeness (QED) is 0.914. The van der Waals surface area contributed by atoms with E-state index in [2.05, 4.69) is 0 Å². The molecule has 19 heavy (non-hydrogen) atoms. The third kappa shape index (κ3) is 2.72. The van der Waals surface area contributed by atoms with Crippen LogP contribution in [0.2, 0.25) is 0 Å². The summed E-state index contributed by atoms with van der Waals surface area (Å²) in [5, 5.41) is 18.6. The molecule has 0 saturated heterocycles. The van der Waals surface area contributed by atoms with Crippen LogP contribution in [0.4, 0.5) is 4.39 Å². The molecular formula is C15H12FNO2. The maximum Gasteiger partial charge on any atom is 0.168 e. The Balaban J connectivity index is 2.47. The van der Waals surface area contributed by atoms with Crippen LogP contribution in [-0.2, 0) is 0 Å². The first kappa shape index (κ1) is 13.1. The average Bonchev–Trinajstić information content (AvgIpc) is 2.41. The molecule has 3 nitrogen and oxygen atoms in total. The minimum absolute atomic E-state index is 0.0554. The van der Waals surface area contributed by atoms with Crippen LogP contribution < -0.4 is 4.74 Å². The number of hydrogen-bond acceptors (Lipinski definition) is 3. The number of nitriles is 1. The van der Waals surface area contributed by atoms with Crippen molar-refractivity contribution in [2.24, 2.45) is 0 Å². The van der Waals surface area contributed by atoms with Crippen molar-refractivity contribution in [2.45, 2.75) is 13.0 Å². The van der Waals surface area contributed by atoms with Gasteiger partial charge in [0.2, 0.25) is 0 Å². The van der Waals surface area contributed by atoms with Gasteiger partial charge < -0.3 is 9.84 Å². The van der Waals surface area contributed by atoms with Crippen molar-refractivity contribution in [3.8, 4) is 17.6 Å². The molecule has 0 fully saturated rings. The third-order valence-corrected chi connectivity index (χ3v) is 2.67. The van der Waals surface area contributed by atoms with Gasteiger partial charge in [0.25, 0.3) is 0 Å². The molecule has 0 unspecified atom stereocenters. The van der Waals surface area contributed by atoms with Gasteiger partial charge in [-0.25, -0.2) is 4.39 Å². The van der Waals surface area contributed by atoms with Crippen LogP contribution in [0.25, 0.3) is 0 Å². The number of nitrogens with zero attached hydrogens (tertiary/aromatic N) is 1. The summed E-state index contributed by atoms with van der Waals surface area (Å²) in [5.41, 5.74) is 0.648. The Morgan fingerprint density at radius 2 is 1.95 bits per heavy atom. The van der Waals surface area contributed by atoms with Gasteiger partial charge >= 0.3 is 0 Å². The second-order valence-corrected chi connectivity index (χ2v) is 4.04. The van der Waals surface area contributed by atoms with E-state index in [4.69, 9.17) is 10.00 Å². The fourth-order valence-electron chi connectivity index (χ4n) is 1.72. The molecule has 0 aliphatic carbocycles. The largest absolute Gasteiger partial charge is 0.452 e. The molecule has 0 radical (unpaired) electrons. The third-order valence-electron chi connectivity index (χ3n) is 2.67. The van der Waals surface area contributed by atoms with Crippen LogP contribution in [0.3, 0.4) is 0 Å². The van der Waals surface area contributed by atoms with E-state index in [1.807, 2.05) is 6.07 Å². The van der Waals surface area contributed by atoms with Crippen LogP contribution >= 0.6 is 0 Å². The molecule has 96 valence electrons. The van der Waals surface area contributed by atoms with Crippen LogP contribution in [0.5, 0.6) is 11.5 Å². The van der Waals surface area contributed by atoms with Crippen molar-refractivity contribution >= 4 is 0 Å². The highest BCUT2D eigenvalue weighted by molar-refractivity contribution is 5.47.